The number of thiocarbonyl (C=S) groups is 1. The molecular weight excluding hydrogens is 248 g/mol. The van der Waals surface area contributed by atoms with Gasteiger partial charge in [-0.1, -0.05) is 19.1 Å². The summed E-state index contributed by atoms with van der Waals surface area (Å²) in [6.07, 6.45) is 3.86. The zero-order valence-electron chi connectivity index (χ0n) is 10.9. The maximum atomic E-state index is 12.1. The van der Waals surface area contributed by atoms with Gasteiger partial charge in [-0.2, -0.15) is 0 Å². The molecule has 1 atom stereocenters. The van der Waals surface area contributed by atoms with Crippen molar-refractivity contribution in [3.05, 3.63) is 23.8 Å². The summed E-state index contributed by atoms with van der Waals surface area (Å²) in [5.41, 5.74) is 6.35. The number of nitrogens with two attached hydrogens (primary N) is 1. The Morgan fingerprint density at radius 2 is 2.17 bits per heavy atom. The lowest BCUT2D eigenvalue weighted by Crippen LogP contribution is -2.46. The van der Waals surface area contributed by atoms with Gasteiger partial charge in [0, 0.05) is 6.20 Å². The summed E-state index contributed by atoms with van der Waals surface area (Å²) in [5.74, 6) is -0.181. The highest BCUT2D eigenvalue weighted by Gasteiger charge is 2.34. The molecule has 3 N–H and O–H groups in total. The first kappa shape index (κ1) is 14.5. The molecule has 18 heavy (non-hydrogen) atoms. The zero-order valence-corrected chi connectivity index (χ0v) is 11.7. The fraction of sp³-hybridized carbons (Fsp3) is 0.500. The van der Waals surface area contributed by atoms with E-state index in [1.54, 1.807) is 19.3 Å². The summed E-state index contributed by atoms with van der Waals surface area (Å²) < 4.78 is 0. The predicted octanol–water partition coefficient (Wildman–Crippen LogP) is 1.10. The molecule has 0 saturated heterocycles. The van der Waals surface area contributed by atoms with Crippen LogP contribution in [0.25, 0.3) is 0 Å². The van der Waals surface area contributed by atoms with E-state index in [0.717, 1.165) is 5.69 Å². The molecule has 0 aliphatic heterocycles. The second-order valence-corrected chi connectivity index (χ2v) is 4.82. The molecule has 0 bridgehead atoms. The predicted molar refractivity (Wildman–Crippen MR) is 73.8 cm³/mol. The minimum absolute atomic E-state index is 0.181. The molecule has 1 amide bonds. The van der Waals surface area contributed by atoms with Gasteiger partial charge >= 0.3 is 0 Å². The van der Waals surface area contributed by atoms with Gasteiger partial charge in [-0.15, -0.1) is 0 Å². The van der Waals surface area contributed by atoms with E-state index in [1.807, 2.05) is 13.8 Å². The van der Waals surface area contributed by atoms with Gasteiger partial charge in [-0.25, -0.2) is 0 Å². The Morgan fingerprint density at radius 3 is 2.61 bits per heavy atom. The van der Waals surface area contributed by atoms with Crippen molar-refractivity contribution < 1.29 is 4.79 Å². The Morgan fingerprint density at radius 1 is 1.50 bits per heavy atom. The number of hydrogen-bond donors (Lipinski definition) is 2. The highest BCUT2D eigenvalue weighted by molar-refractivity contribution is 7.80. The molecule has 0 fully saturated rings. The van der Waals surface area contributed by atoms with Gasteiger partial charge in [-0.05, 0) is 20.3 Å². The molecule has 1 heterocycles. The van der Waals surface area contributed by atoms with Crippen molar-refractivity contribution in [1.29, 1.82) is 0 Å². The first-order chi connectivity index (χ1) is 8.40. The first-order valence-corrected chi connectivity index (χ1v) is 6.16. The molecule has 0 aliphatic carbocycles. The topological polar surface area (TPSA) is 80.9 Å². The quantitative estimate of drug-likeness (QED) is 0.780. The van der Waals surface area contributed by atoms with Crippen molar-refractivity contribution in [3.8, 4) is 0 Å². The molecule has 1 rings (SSSR count). The van der Waals surface area contributed by atoms with E-state index in [9.17, 15) is 4.79 Å². The molecule has 6 heteroatoms. The summed E-state index contributed by atoms with van der Waals surface area (Å²) in [6, 6.07) is 0. The Hall–Kier alpha value is -1.56. The van der Waals surface area contributed by atoms with E-state index in [4.69, 9.17) is 18.0 Å². The third kappa shape index (κ3) is 3.22. The van der Waals surface area contributed by atoms with Crippen molar-refractivity contribution in [2.24, 2.45) is 11.1 Å². The lowest BCUT2D eigenvalue weighted by molar-refractivity contribution is -0.127. The maximum Gasteiger partial charge on any atom is 0.233 e. The van der Waals surface area contributed by atoms with E-state index >= 15 is 0 Å². The SMILES string of the molecule is CCC(C)(C(=O)NCc1cnc(C)cn1)C(N)=S. The van der Waals surface area contributed by atoms with Crippen molar-refractivity contribution in [3.63, 3.8) is 0 Å². The Balaban J connectivity index is 2.66. The van der Waals surface area contributed by atoms with Crippen LogP contribution in [0.2, 0.25) is 0 Å². The van der Waals surface area contributed by atoms with Crippen molar-refractivity contribution in [1.82, 2.24) is 15.3 Å². The minimum Gasteiger partial charge on any atom is -0.392 e. The number of amides is 1. The van der Waals surface area contributed by atoms with Gasteiger partial charge in [0.15, 0.2) is 0 Å². The second-order valence-electron chi connectivity index (χ2n) is 4.38. The number of aromatic nitrogens is 2. The largest absolute Gasteiger partial charge is 0.392 e. The van der Waals surface area contributed by atoms with Gasteiger partial charge in [0.25, 0.3) is 0 Å². The highest BCUT2D eigenvalue weighted by Crippen LogP contribution is 2.21. The number of carbonyl (C=O) groups is 1. The number of nitrogens with zero attached hydrogens (tertiary/aromatic N) is 2. The van der Waals surface area contributed by atoms with Gasteiger partial charge < -0.3 is 11.1 Å². The molecule has 0 aromatic carbocycles. The summed E-state index contributed by atoms with van der Waals surface area (Å²) in [7, 11) is 0. The normalized spacial score (nSPS) is 13.7. The van der Waals surface area contributed by atoms with Crippen LogP contribution in [0.15, 0.2) is 12.4 Å². The van der Waals surface area contributed by atoms with E-state index in [-0.39, 0.29) is 10.9 Å². The summed E-state index contributed by atoms with van der Waals surface area (Å²) in [5, 5.41) is 2.78. The van der Waals surface area contributed by atoms with E-state index < -0.39 is 5.41 Å². The van der Waals surface area contributed by atoms with Gasteiger partial charge in [0.05, 0.1) is 34.5 Å². The molecule has 0 radical (unpaired) electrons. The van der Waals surface area contributed by atoms with Crippen LogP contribution in [-0.2, 0) is 11.3 Å². The number of carbonyl (C=O) groups excluding carboxylic acids is 1. The number of aryl methyl sites for hydroxylation is 1. The number of rotatable bonds is 5. The number of hydrogen-bond acceptors (Lipinski definition) is 4. The second kappa shape index (κ2) is 5.86. The average Bonchev–Trinajstić information content (AvgIpc) is 2.36. The number of nitrogens with one attached hydrogen (secondary N) is 1. The fourth-order valence-electron chi connectivity index (χ4n) is 1.32. The molecular formula is C12H18N4OS. The third-order valence-electron chi connectivity index (χ3n) is 3.02. The van der Waals surface area contributed by atoms with Crippen LogP contribution in [0.3, 0.4) is 0 Å². The minimum atomic E-state index is -0.812. The van der Waals surface area contributed by atoms with Crippen LogP contribution in [0.1, 0.15) is 31.7 Å². The van der Waals surface area contributed by atoms with E-state index in [1.165, 1.54) is 0 Å². The zero-order chi connectivity index (χ0) is 13.8. The monoisotopic (exact) mass is 266 g/mol. The Kier molecular flexibility index (Phi) is 4.72. The van der Waals surface area contributed by atoms with Gasteiger partial charge in [-0.3, -0.25) is 14.8 Å². The smallest absolute Gasteiger partial charge is 0.233 e. The highest BCUT2D eigenvalue weighted by atomic mass is 32.1. The van der Waals surface area contributed by atoms with Crippen LogP contribution in [0, 0.1) is 12.3 Å². The molecule has 1 aromatic heterocycles. The van der Waals surface area contributed by atoms with Crippen molar-refractivity contribution >= 4 is 23.1 Å². The van der Waals surface area contributed by atoms with Crippen LogP contribution in [-0.4, -0.2) is 20.9 Å². The van der Waals surface area contributed by atoms with Gasteiger partial charge in [0.2, 0.25) is 5.91 Å². The molecule has 0 aliphatic rings. The van der Waals surface area contributed by atoms with Crippen molar-refractivity contribution in [2.45, 2.75) is 33.7 Å². The maximum absolute atomic E-state index is 12.1. The van der Waals surface area contributed by atoms with Crippen LogP contribution < -0.4 is 11.1 Å². The third-order valence-corrected chi connectivity index (χ3v) is 3.47. The lowest BCUT2D eigenvalue weighted by atomic mass is 9.86. The molecule has 1 unspecified atom stereocenters. The summed E-state index contributed by atoms with van der Waals surface area (Å²) >= 11 is 4.94. The fourth-order valence-corrected chi connectivity index (χ4v) is 1.56. The molecule has 1 aromatic rings. The van der Waals surface area contributed by atoms with Crippen molar-refractivity contribution in [2.75, 3.05) is 0 Å². The average molecular weight is 266 g/mol. The first-order valence-electron chi connectivity index (χ1n) is 5.76. The molecule has 5 nitrogen and oxygen atoms in total. The molecule has 0 spiro atoms. The van der Waals surface area contributed by atoms with Gasteiger partial charge in [0.1, 0.15) is 0 Å². The van der Waals surface area contributed by atoms with Crippen LogP contribution >= 0.6 is 12.2 Å². The summed E-state index contributed by atoms with van der Waals surface area (Å²) in [4.78, 5) is 20.5. The molecule has 0 saturated carbocycles. The Labute approximate surface area is 112 Å². The van der Waals surface area contributed by atoms with Crippen LogP contribution in [0.4, 0.5) is 0 Å². The molecule has 98 valence electrons. The standard InChI is InChI=1S/C12H18N4OS/c1-4-12(3,10(13)18)11(17)16-7-9-6-14-8(2)5-15-9/h5-6H,4,7H2,1-3H3,(H2,13,18)(H,16,17). The lowest BCUT2D eigenvalue weighted by Gasteiger charge is -2.25. The van der Waals surface area contributed by atoms with E-state index in [2.05, 4.69) is 15.3 Å². The van der Waals surface area contributed by atoms with Crippen LogP contribution in [0.5, 0.6) is 0 Å². The van der Waals surface area contributed by atoms with E-state index in [0.29, 0.717) is 18.7 Å². The summed E-state index contributed by atoms with van der Waals surface area (Å²) in [6.45, 7) is 5.80. The Bertz CT molecular complexity index is 446.